The maximum absolute atomic E-state index is 13.7. The number of hydrogen-bond donors (Lipinski definition) is 0. The summed E-state index contributed by atoms with van der Waals surface area (Å²) in [5.41, 5.74) is 0.0477. The zero-order valence-electron chi connectivity index (χ0n) is 31.4. The van der Waals surface area contributed by atoms with Crippen molar-refractivity contribution in [1.82, 2.24) is 4.90 Å². The summed E-state index contributed by atoms with van der Waals surface area (Å²) in [5, 5.41) is 0. The standard InChI is InChI=1S/C47H31F12N2/c48-44(49,50)34-17-32(18-35(23-34)45(51,52)53)26-9-13-28(14-10-26)40-21-30-5-1-3-7-38(30)42-43-39-8-4-2-6-31(39)22-41(61(43)25-60(40)42)29-15-11-27(12-16-29)33-19-36(46(54,55)56)24-37(20-33)47(57,58)59/h1-20,23-25,40-43H,21-22H2/q+1/t40-,41-,42-,43-/m1/s1. The summed E-state index contributed by atoms with van der Waals surface area (Å²) in [6.07, 6.45) is -16.9. The van der Waals surface area contributed by atoms with Crippen LogP contribution in [0.2, 0.25) is 0 Å². The maximum Gasteiger partial charge on any atom is 0.416 e. The van der Waals surface area contributed by atoms with Gasteiger partial charge in [0, 0.05) is 24.0 Å². The number of hydrogen-bond acceptors (Lipinski definition) is 1. The molecule has 0 aliphatic carbocycles. The summed E-state index contributed by atoms with van der Waals surface area (Å²) in [4.78, 5) is 2.22. The summed E-state index contributed by atoms with van der Waals surface area (Å²) in [5.74, 6) is 0. The zero-order chi connectivity index (χ0) is 43.2. The van der Waals surface area contributed by atoms with E-state index in [0.29, 0.717) is 37.1 Å². The van der Waals surface area contributed by atoms with Gasteiger partial charge < -0.3 is 0 Å². The van der Waals surface area contributed by atoms with E-state index in [1.54, 1.807) is 24.3 Å². The number of benzene rings is 6. The molecule has 0 saturated heterocycles. The Hall–Kier alpha value is -6.05. The predicted molar refractivity (Wildman–Crippen MR) is 203 cm³/mol. The van der Waals surface area contributed by atoms with Crippen LogP contribution in [0.4, 0.5) is 52.7 Å². The van der Waals surface area contributed by atoms with Gasteiger partial charge in [0.25, 0.3) is 0 Å². The lowest BCUT2D eigenvalue weighted by molar-refractivity contribution is -0.609. The van der Waals surface area contributed by atoms with Crippen molar-refractivity contribution in [3.05, 3.63) is 189 Å². The Balaban J connectivity index is 1.11. The minimum atomic E-state index is -5.00. The van der Waals surface area contributed by atoms with E-state index in [1.807, 2.05) is 42.7 Å². The molecular weight excluding hydrogens is 821 g/mol. The minimum Gasteiger partial charge on any atom is -0.249 e. The SMILES string of the molecule is FC(F)(F)c1cc(-c2ccc([C@H]3Cc4ccccc4[C@@H]4[C@H]5c6ccccc6C[C@H](c6ccc(-c7cc(C(F)(F)F)cc(C(F)(F)F)c7)cc6)[N+]5=CN34)cc2)cc(C(F)(F)F)c1. The van der Waals surface area contributed by atoms with Crippen LogP contribution in [-0.2, 0) is 37.5 Å². The van der Waals surface area contributed by atoms with Crippen LogP contribution in [0, 0.1) is 0 Å². The van der Waals surface area contributed by atoms with Crippen molar-refractivity contribution in [3.63, 3.8) is 0 Å². The quantitative estimate of drug-likeness (QED) is 0.126. The third-order valence-corrected chi connectivity index (χ3v) is 11.9. The lowest BCUT2D eigenvalue weighted by atomic mass is 9.78. The molecule has 6 aromatic rings. The van der Waals surface area contributed by atoms with Gasteiger partial charge in [0.2, 0.25) is 6.34 Å². The van der Waals surface area contributed by atoms with Gasteiger partial charge in [-0.15, -0.1) is 0 Å². The summed E-state index contributed by atoms with van der Waals surface area (Å²) >= 11 is 0. The van der Waals surface area contributed by atoms with Gasteiger partial charge >= 0.3 is 24.7 Å². The third kappa shape index (κ3) is 7.43. The highest BCUT2D eigenvalue weighted by molar-refractivity contribution is 5.68. The molecule has 2 nitrogen and oxygen atoms in total. The molecule has 0 saturated carbocycles. The first-order chi connectivity index (χ1) is 28.7. The van der Waals surface area contributed by atoms with Crippen LogP contribution in [0.3, 0.4) is 0 Å². The van der Waals surface area contributed by atoms with Gasteiger partial charge in [0.15, 0.2) is 12.1 Å². The van der Waals surface area contributed by atoms with Crippen LogP contribution in [0.5, 0.6) is 0 Å². The van der Waals surface area contributed by atoms with E-state index in [9.17, 15) is 52.7 Å². The second-order valence-electron chi connectivity index (χ2n) is 15.6. The van der Waals surface area contributed by atoms with E-state index in [4.69, 9.17) is 0 Å². The van der Waals surface area contributed by atoms with Crippen molar-refractivity contribution in [1.29, 1.82) is 0 Å². The maximum atomic E-state index is 13.7. The van der Waals surface area contributed by atoms with E-state index >= 15 is 0 Å². The first-order valence-electron chi connectivity index (χ1n) is 19.1. The van der Waals surface area contributed by atoms with E-state index < -0.39 is 47.0 Å². The Morgan fingerprint density at radius 3 is 1.30 bits per heavy atom. The number of fused-ring (bicyclic) bond motifs is 7. The van der Waals surface area contributed by atoms with Crippen LogP contribution in [0.25, 0.3) is 22.3 Å². The summed E-state index contributed by atoms with van der Waals surface area (Å²) in [6.45, 7) is 0. The molecule has 3 heterocycles. The van der Waals surface area contributed by atoms with Crippen LogP contribution in [0.1, 0.15) is 79.8 Å². The summed E-state index contributed by atoms with van der Waals surface area (Å²) < 4.78 is 167. The fraction of sp³-hybridized carbons (Fsp3) is 0.213. The van der Waals surface area contributed by atoms with Crippen molar-refractivity contribution < 1.29 is 57.3 Å². The molecule has 0 N–H and O–H groups in total. The summed E-state index contributed by atoms with van der Waals surface area (Å²) in [7, 11) is 0. The molecular formula is C47H31F12N2+. The molecule has 61 heavy (non-hydrogen) atoms. The number of rotatable bonds is 4. The average Bonchev–Trinajstić information content (AvgIpc) is 3.63. The Morgan fingerprint density at radius 2 is 0.836 bits per heavy atom. The van der Waals surface area contributed by atoms with E-state index in [2.05, 4.69) is 21.6 Å². The smallest absolute Gasteiger partial charge is 0.249 e. The Bertz CT molecular complexity index is 2610. The highest BCUT2D eigenvalue weighted by atomic mass is 19.4. The molecule has 0 spiro atoms. The first kappa shape index (κ1) is 40.4. The fourth-order valence-corrected chi connectivity index (χ4v) is 9.10. The van der Waals surface area contributed by atoms with Gasteiger partial charge in [0.1, 0.15) is 12.1 Å². The molecule has 0 aromatic heterocycles. The van der Waals surface area contributed by atoms with E-state index in [0.717, 1.165) is 33.4 Å². The summed E-state index contributed by atoms with van der Waals surface area (Å²) in [6, 6.07) is 30.7. The lowest BCUT2D eigenvalue weighted by Gasteiger charge is -2.37. The molecule has 0 unspecified atom stereocenters. The number of alkyl halides is 12. The average molecular weight is 852 g/mol. The second-order valence-corrected chi connectivity index (χ2v) is 15.6. The van der Waals surface area contributed by atoms with Crippen molar-refractivity contribution in [3.8, 4) is 22.3 Å². The molecule has 0 fully saturated rings. The molecule has 4 atom stereocenters. The molecule has 9 rings (SSSR count). The van der Waals surface area contributed by atoms with Gasteiger partial charge in [-0.2, -0.15) is 52.7 Å². The zero-order valence-corrected chi connectivity index (χ0v) is 31.4. The second kappa shape index (κ2) is 14.3. The molecule has 0 amide bonds. The highest BCUT2D eigenvalue weighted by Crippen LogP contribution is 2.54. The molecule has 312 valence electrons. The molecule has 14 heteroatoms. The molecule has 0 bridgehead atoms. The lowest BCUT2D eigenvalue weighted by Crippen LogP contribution is -2.37. The van der Waals surface area contributed by atoms with E-state index in [-0.39, 0.29) is 58.6 Å². The number of halogens is 12. The van der Waals surface area contributed by atoms with Gasteiger partial charge in [-0.25, -0.2) is 9.48 Å². The van der Waals surface area contributed by atoms with Crippen molar-refractivity contribution >= 4 is 6.34 Å². The van der Waals surface area contributed by atoms with Gasteiger partial charge in [0.05, 0.1) is 22.3 Å². The Kier molecular flexibility index (Phi) is 9.44. The van der Waals surface area contributed by atoms with Gasteiger partial charge in [-0.05, 0) is 80.9 Å². The topological polar surface area (TPSA) is 6.25 Å². The van der Waals surface area contributed by atoms with Crippen LogP contribution < -0.4 is 0 Å². The fourth-order valence-electron chi connectivity index (χ4n) is 9.10. The van der Waals surface area contributed by atoms with Crippen LogP contribution >= 0.6 is 0 Å². The highest BCUT2D eigenvalue weighted by Gasteiger charge is 2.54. The van der Waals surface area contributed by atoms with Gasteiger partial charge in [-0.3, -0.25) is 0 Å². The van der Waals surface area contributed by atoms with Crippen LogP contribution in [-0.4, -0.2) is 15.8 Å². The Morgan fingerprint density at radius 1 is 0.426 bits per heavy atom. The van der Waals surface area contributed by atoms with Crippen molar-refractivity contribution in [2.45, 2.75) is 61.7 Å². The van der Waals surface area contributed by atoms with E-state index in [1.165, 1.54) is 24.3 Å². The predicted octanol–water partition coefficient (Wildman–Crippen LogP) is 13.8. The van der Waals surface area contributed by atoms with Gasteiger partial charge in [-0.1, -0.05) is 97.1 Å². The monoisotopic (exact) mass is 851 g/mol. The largest absolute Gasteiger partial charge is 0.416 e. The van der Waals surface area contributed by atoms with Crippen molar-refractivity contribution in [2.24, 2.45) is 0 Å². The minimum absolute atomic E-state index is 0.0959. The molecule has 3 aliphatic heterocycles. The Labute approximate surface area is 341 Å². The first-order valence-corrected chi connectivity index (χ1v) is 19.1. The molecule has 3 aliphatic rings. The molecule has 0 radical (unpaired) electrons. The van der Waals surface area contributed by atoms with Crippen molar-refractivity contribution in [2.75, 3.05) is 0 Å². The molecule has 6 aromatic carbocycles. The normalized spacial score (nSPS) is 20.1. The van der Waals surface area contributed by atoms with Crippen LogP contribution in [0.15, 0.2) is 133 Å². The number of nitrogens with zero attached hydrogens (tertiary/aromatic N) is 2. The third-order valence-electron chi connectivity index (χ3n) is 11.9.